The highest BCUT2D eigenvalue weighted by molar-refractivity contribution is 7.92. The maximum Gasteiger partial charge on any atom is 0.262 e. The lowest BCUT2D eigenvalue weighted by Gasteiger charge is -2.15. The summed E-state index contributed by atoms with van der Waals surface area (Å²) in [6.45, 7) is 3.52. The van der Waals surface area contributed by atoms with Gasteiger partial charge in [-0.05, 0) is 49.2 Å². The topological polar surface area (TPSA) is 73.9 Å². The summed E-state index contributed by atoms with van der Waals surface area (Å²) in [5, 5.41) is 0. The van der Waals surface area contributed by atoms with E-state index >= 15 is 0 Å². The minimum absolute atomic E-state index is 0.186. The third kappa shape index (κ3) is 3.56. The second-order valence-electron chi connectivity index (χ2n) is 5.26. The molecule has 0 amide bonds. The van der Waals surface area contributed by atoms with Crippen LogP contribution in [0.5, 0.6) is 17.2 Å². The zero-order valence-electron chi connectivity index (χ0n) is 14.3. The summed E-state index contributed by atoms with van der Waals surface area (Å²) in [6.07, 6.45) is 0. The van der Waals surface area contributed by atoms with Crippen LogP contribution in [-0.4, -0.2) is 29.7 Å². The highest BCUT2D eigenvalue weighted by Gasteiger charge is 2.21. The molecule has 6 nitrogen and oxygen atoms in total. The van der Waals surface area contributed by atoms with Crippen molar-refractivity contribution in [1.29, 1.82) is 0 Å². The van der Waals surface area contributed by atoms with Crippen molar-refractivity contribution in [1.82, 2.24) is 0 Å². The summed E-state index contributed by atoms with van der Waals surface area (Å²) in [5.74, 6) is 1.57. The van der Waals surface area contributed by atoms with Gasteiger partial charge in [-0.1, -0.05) is 0 Å². The van der Waals surface area contributed by atoms with Gasteiger partial charge < -0.3 is 14.2 Å². The average Bonchev–Trinajstić information content (AvgIpc) is 2.55. The number of aryl methyl sites for hydroxylation is 2. The molecule has 1 N–H and O–H groups in total. The van der Waals surface area contributed by atoms with Gasteiger partial charge in [0.25, 0.3) is 10.0 Å². The molecule has 130 valence electrons. The second-order valence-corrected chi connectivity index (χ2v) is 6.91. The van der Waals surface area contributed by atoms with Gasteiger partial charge in [-0.15, -0.1) is 0 Å². The Morgan fingerprint density at radius 3 is 2.08 bits per heavy atom. The van der Waals surface area contributed by atoms with Gasteiger partial charge in [-0.2, -0.15) is 0 Å². The number of hydrogen-bond acceptors (Lipinski definition) is 5. The van der Waals surface area contributed by atoms with Crippen LogP contribution >= 0.6 is 0 Å². The van der Waals surface area contributed by atoms with Gasteiger partial charge in [-0.25, -0.2) is 8.42 Å². The fourth-order valence-electron chi connectivity index (χ4n) is 2.37. The van der Waals surface area contributed by atoms with Gasteiger partial charge in [0, 0.05) is 6.07 Å². The molecule has 0 spiro atoms. The highest BCUT2D eigenvalue weighted by Crippen LogP contribution is 2.32. The van der Waals surface area contributed by atoms with E-state index in [0.29, 0.717) is 28.5 Å². The van der Waals surface area contributed by atoms with Crippen LogP contribution in [-0.2, 0) is 10.0 Å². The van der Waals surface area contributed by atoms with E-state index in [-0.39, 0.29) is 4.90 Å². The summed E-state index contributed by atoms with van der Waals surface area (Å²) in [6, 6.07) is 8.19. The van der Waals surface area contributed by atoms with Crippen LogP contribution in [0.4, 0.5) is 5.69 Å². The Morgan fingerprint density at radius 2 is 1.50 bits per heavy atom. The number of benzene rings is 2. The standard InChI is InChI=1S/C17H21NO5S/c1-11-9-17(12(2)8-16(11)23-5)24(19,20)18-14-10-13(21-3)6-7-15(14)22-4/h6-10,18H,1-5H3. The molecule has 7 heteroatoms. The summed E-state index contributed by atoms with van der Waals surface area (Å²) < 4.78 is 43.7. The normalized spacial score (nSPS) is 11.0. The van der Waals surface area contributed by atoms with Crippen molar-refractivity contribution in [2.45, 2.75) is 18.7 Å². The molecule has 24 heavy (non-hydrogen) atoms. The molecule has 0 fully saturated rings. The van der Waals surface area contributed by atoms with E-state index in [1.165, 1.54) is 14.2 Å². The number of methoxy groups -OCH3 is 3. The number of rotatable bonds is 6. The lowest BCUT2D eigenvalue weighted by Crippen LogP contribution is -2.15. The van der Waals surface area contributed by atoms with Crippen molar-refractivity contribution < 1.29 is 22.6 Å². The minimum atomic E-state index is -3.79. The van der Waals surface area contributed by atoms with Crippen molar-refractivity contribution >= 4 is 15.7 Å². The van der Waals surface area contributed by atoms with Crippen LogP contribution in [0.2, 0.25) is 0 Å². The molecule has 0 saturated carbocycles. The molecule has 0 aromatic heterocycles. The largest absolute Gasteiger partial charge is 0.497 e. The number of anilines is 1. The first-order chi connectivity index (χ1) is 11.3. The molecule has 0 radical (unpaired) electrons. The van der Waals surface area contributed by atoms with Crippen LogP contribution in [0.1, 0.15) is 11.1 Å². The van der Waals surface area contributed by atoms with Crippen LogP contribution in [0.3, 0.4) is 0 Å². The summed E-state index contributed by atoms with van der Waals surface area (Å²) in [5.41, 5.74) is 1.64. The minimum Gasteiger partial charge on any atom is -0.497 e. The fourth-order valence-corrected chi connectivity index (χ4v) is 3.74. The molecule has 0 atom stereocenters. The molecule has 0 aliphatic rings. The zero-order valence-corrected chi connectivity index (χ0v) is 15.2. The summed E-state index contributed by atoms with van der Waals surface area (Å²) in [7, 11) is 0.746. The van der Waals surface area contributed by atoms with E-state index in [1.54, 1.807) is 51.3 Å². The van der Waals surface area contributed by atoms with Crippen molar-refractivity contribution in [3.8, 4) is 17.2 Å². The Bertz CT molecular complexity index is 846. The molecular weight excluding hydrogens is 330 g/mol. The predicted octanol–water partition coefficient (Wildman–Crippen LogP) is 3.13. The highest BCUT2D eigenvalue weighted by atomic mass is 32.2. The van der Waals surface area contributed by atoms with E-state index < -0.39 is 10.0 Å². The summed E-state index contributed by atoms with van der Waals surface area (Å²) in [4.78, 5) is 0.186. The molecule has 2 rings (SSSR count). The smallest absolute Gasteiger partial charge is 0.262 e. The number of hydrogen-bond donors (Lipinski definition) is 1. The third-order valence-electron chi connectivity index (χ3n) is 3.63. The monoisotopic (exact) mass is 351 g/mol. The molecule has 2 aromatic carbocycles. The molecule has 0 heterocycles. The molecule has 0 aliphatic heterocycles. The van der Waals surface area contributed by atoms with Crippen molar-refractivity contribution in [2.75, 3.05) is 26.1 Å². The Hall–Kier alpha value is -2.41. The Kier molecular flexibility index (Phi) is 5.23. The van der Waals surface area contributed by atoms with Gasteiger partial charge in [0.1, 0.15) is 17.2 Å². The van der Waals surface area contributed by atoms with Crippen LogP contribution in [0, 0.1) is 13.8 Å². The maximum atomic E-state index is 12.8. The zero-order chi connectivity index (χ0) is 17.9. The lowest BCUT2D eigenvalue weighted by molar-refractivity contribution is 0.405. The Balaban J connectivity index is 2.48. The first kappa shape index (κ1) is 17.9. The number of nitrogens with one attached hydrogen (secondary N) is 1. The van der Waals surface area contributed by atoms with E-state index in [0.717, 1.165) is 5.56 Å². The Labute approximate surface area is 142 Å². The fraction of sp³-hybridized carbons (Fsp3) is 0.294. The van der Waals surface area contributed by atoms with Gasteiger partial charge in [0.15, 0.2) is 0 Å². The maximum absolute atomic E-state index is 12.8. The van der Waals surface area contributed by atoms with E-state index in [2.05, 4.69) is 4.72 Å². The van der Waals surface area contributed by atoms with E-state index in [4.69, 9.17) is 14.2 Å². The molecule has 0 unspecified atom stereocenters. The van der Waals surface area contributed by atoms with E-state index in [9.17, 15) is 8.42 Å². The van der Waals surface area contributed by atoms with Crippen LogP contribution in [0.15, 0.2) is 35.2 Å². The summed E-state index contributed by atoms with van der Waals surface area (Å²) >= 11 is 0. The third-order valence-corrected chi connectivity index (χ3v) is 5.14. The molecule has 2 aromatic rings. The van der Waals surface area contributed by atoms with Crippen molar-refractivity contribution in [3.05, 3.63) is 41.5 Å². The predicted molar refractivity (Wildman–Crippen MR) is 92.8 cm³/mol. The molecule has 0 bridgehead atoms. The van der Waals surface area contributed by atoms with Gasteiger partial charge in [0.2, 0.25) is 0 Å². The first-order valence-electron chi connectivity index (χ1n) is 7.22. The molecule has 0 aliphatic carbocycles. The average molecular weight is 351 g/mol. The number of ether oxygens (including phenoxy) is 3. The van der Waals surface area contributed by atoms with Gasteiger partial charge in [-0.3, -0.25) is 4.72 Å². The van der Waals surface area contributed by atoms with Gasteiger partial charge in [0.05, 0.1) is 31.9 Å². The molecular formula is C17H21NO5S. The van der Waals surface area contributed by atoms with E-state index in [1.807, 2.05) is 0 Å². The SMILES string of the molecule is COc1ccc(OC)c(NS(=O)(=O)c2cc(C)c(OC)cc2C)c1. The quantitative estimate of drug-likeness (QED) is 0.865. The lowest BCUT2D eigenvalue weighted by atomic mass is 10.1. The molecule has 0 saturated heterocycles. The number of sulfonamides is 1. The van der Waals surface area contributed by atoms with Crippen molar-refractivity contribution in [2.24, 2.45) is 0 Å². The van der Waals surface area contributed by atoms with Crippen LogP contribution in [0.25, 0.3) is 0 Å². The van der Waals surface area contributed by atoms with Gasteiger partial charge >= 0.3 is 0 Å². The van der Waals surface area contributed by atoms with Crippen molar-refractivity contribution in [3.63, 3.8) is 0 Å². The van der Waals surface area contributed by atoms with Crippen LogP contribution < -0.4 is 18.9 Å². The second kappa shape index (κ2) is 7.00. The Morgan fingerprint density at radius 1 is 0.833 bits per heavy atom. The first-order valence-corrected chi connectivity index (χ1v) is 8.70.